The van der Waals surface area contributed by atoms with E-state index in [4.69, 9.17) is 11.1 Å². The second-order valence-electron chi connectivity index (χ2n) is 8.48. The van der Waals surface area contributed by atoms with Crippen molar-refractivity contribution in [2.75, 3.05) is 6.54 Å². The number of carbonyl (C=O) groups is 2. The van der Waals surface area contributed by atoms with E-state index >= 15 is 4.39 Å². The minimum Gasteiger partial charge on any atom is -0.384 e. The van der Waals surface area contributed by atoms with Crippen LogP contribution < -0.4 is 5.73 Å². The molecule has 0 saturated carbocycles. The quantitative estimate of drug-likeness (QED) is 0.448. The number of amides is 2. The van der Waals surface area contributed by atoms with Gasteiger partial charge in [0, 0.05) is 17.2 Å². The third kappa shape index (κ3) is 3.05. The first-order valence-corrected chi connectivity index (χ1v) is 10.4. The molecule has 3 saturated heterocycles. The molecular formula is C23H22F2N4O2. The molecule has 31 heavy (non-hydrogen) atoms. The molecule has 0 bridgehead atoms. The van der Waals surface area contributed by atoms with E-state index in [0.29, 0.717) is 17.7 Å². The van der Waals surface area contributed by atoms with Crippen molar-refractivity contribution in [1.82, 2.24) is 9.80 Å². The van der Waals surface area contributed by atoms with Crippen LogP contribution in [0.1, 0.15) is 35.6 Å². The molecule has 3 heterocycles. The number of halogens is 2. The van der Waals surface area contributed by atoms with Gasteiger partial charge >= 0.3 is 0 Å². The summed E-state index contributed by atoms with van der Waals surface area (Å²) in [5.74, 6) is -2.85. The Hall–Kier alpha value is -3.13. The van der Waals surface area contributed by atoms with Crippen molar-refractivity contribution >= 4 is 17.6 Å². The molecule has 3 aliphatic heterocycles. The number of nitrogen functional groups attached to an aromatic ring is 1. The van der Waals surface area contributed by atoms with Crippen molar-refractivity contribution in [3.63, 3.8) is 0 Å². The molecule has 4 atom stereocenters. The number of nitrogens with one attached hydrogen (secondary N) is 1. The minimum absolute atomic E-state index is 0.0795. The fraction of sp³-hybridized carbons (Fsp3) is 0.348. The molecule has 3 fully saturated rings. The molecule has 0 aliphatic carbocycles. The number of imide groups is 1. The van der Waals surface area contributed by atoms with Crippen LogP contribution in [-0.2, 0) is 16.1 Å². The van der Waals surface area contributed by atoms with E-state index in [2.05, 4.69) is 4.90 Å². The van der Waals surface area contributed by atoms with E-state index in [9.17, 15) is 14.0 Å². The van der Waals surface area contributed by atoms with Gasteiger partial charge in [0.2, 0.25) is 11.8 Å². The van der Waals surface area contributed by atoms with E-state index < -0.39 is 23.7 Å². The molecule has 2 aromatic rings. The summed E-state index contributed by atoms with van der Waals surface area (Å²) in [4.78, 5) is 30.0. The number of nitrogens with zero attached hydrogens (tertiary/aromatic N) is 2. The number of benzene rings is 2. The summed E-state index contributed by atoms with van der Waals surface area (Å²) in [6, 6.07) is 9.46. The first-order valence-electron chi connectivity index (χ1n) is 10.4. The lowest BCUT2D eigenvalue weighted by Crippen LogP contribution is -2.39. The average Bonchev–Trinajstić information content (AvgIpc) is 3.38. The summed E-state index contributed by atoms with van der Waals surface area (Å²) < 4.78 is 28.3. The normalized spacial score (nSPS) is 27.6. The molecular weight excluding hydrogens is 402 g/mol. The van der Waals surface area contributed by atoms with Gasteiger partial charge < -0.3 is 5.73 Å². The summed E-state index contributed by atoms with van der Waals surface area (Å²) in [6.45, 7) is 0.783. The summed E-state index contributed by atoms with van der Waals surface area (Å²) in [6.07, 6.45) is 1.67. The largest absolute Gasteiger partial charge is 0.384 e. The highest BCUT2D eigenvalue weighted by atomic mass is 19.1. The van der Waals surface area contributed by atoms with E-state index in [-0.39, 0.29) is 41.6 Å². The Bertz CT molecular complexity index is 1090. The maximum Gasteiger partial charge on any atom is 0.235 e. The van der Waals surface area contributed by atoms with Crippen molar-refractivity contribution in [2.24, 2.45) is 17.6 Å². The van der Waals surface area contributed by atoms with E-state index in [1.54, 1.807) is 24.3 Å². The fourth-order valence-corrected chi connectivity index (χ4v) is 5.50. The Kier molecular flexibility index (Phi) is 4.62. The van der Waals surface area contributed by atoms with Crippen molar-refractivity contribution in [1.29, 1.82) is 5.41 Å². The van der Waals surface area contributed by atoms with Gasteiger partial charge in [0.15, 0.2) is 0 Å². The number of nitrogens with two attached hydrogens (primary N) is 1. The number of rotatable bonds is 4. The number of carbonyl (C=O) groups excluding carboxylic acids is 2. The third-order valence-electron chi connectivity index (χ3n) is 6.83. The van der Waals surface area contributed by atoms with Gasteiger partial charge in [-0.1, -0.05) is 24.3 Å². The smallest absolute Gasteiger partial charge is 0.235 e. The summed E-state index contributed by atoms with van der Waals surface area (Å²) in [5.41, 5.74) is 6.78. The van der Waals surface area contributed by atoms with Gasteiger partial charge in [-0.2, -0.15) is 0 Å². The fourth-order valence-electron chi connectivity index (χ4n) is 5.50. The van der Waals surface area contributed by atoms with Gasteiger partial charge in [-0.15, -0.1) is 0 Å². The molecule has 3 N–H and O–H groups in total. The SMILES string of the molecule is N=C(N)c1ccc([C@@H]2[C@@H]3C(=O)N(Cc4ccc(F)cc4)C(=O)[C@@H]3[C@H]3CCCN32)c(F)c1. The first kappa shape index (κ1) is 19.8. The molecule has 5 rings (SSSR count). The lowest BCUT2D eigenvalue weighted by Gasteiger charge is -2.29. The van der Waals surface area contributed by atoms with Crippen LogP contribution in [0, 0.1) is 28.9 Å². The average molecular weight is 424 g/mol. The second kappa shape index (κ2) is 7.23. The highest BCUT2D eigenvalue weighted by molar-refractivity contribution is 6.06. The van der Waals surface area contributed by atoms with Crippen LogP contribution in [-0.4, -0.2) is 40.0 Å². The number of hydrogen-bond donors (Lipinski definition) is 2. The molecule has 160 valence electrons. The van der Waals surface area contributed by atoms with E-state index in [1.807, 2.05) is 0 Å². The Morgan fingerprint density at radius 3 is 2.45 bits per heavy atom. The molecule has 2 amide bonds. The number of fused-ring (bicyclic) bond motifs is 3. The molecule has 8 heteroatoms. The highest BCUT2D eigenvalue weighted by Crippen LogP contribution is 2.53. The molecule has 0 unspecified atom stereocenters. The molecule has 0 radical (unpaired) electrons. The second-order valence-corrected chi connectivity index (χ2v) is 8.48. The van der Waals surface area contributed by atoms with Gasteiger partial charge in [-0.05, 0) is 43.1 Å². The maximum atomic E-state index is 15.1. The zero-order valence-corrected chi connectivity index (χ0v) is 16.7. The predicted molar refractivity (Wildman–Crippen MR) is 109 cm³/mol. The standard InChI is InChI=1S/C23H22F2N4O2/c24-14-6-3-12(4-7-14)11-29-22(30)18-17-2-1-9-28(17)20(19(18)23(29)31)15-8-5-13(21(26)27)10-16(15)25/h3-8,10,17-20H,1-2,9,11H2,(H3,26,27)/t17-,18-,19-,20-/m1/s1. The van der Waals surface area contributed by atoms with E-state index in [0.717, 1.165) is 12.8 Å². The van der Waals surface area contributed by atoms with Crippen molar-refractivity contribution in [3.8, 4) is 0 Å². The van der Waals surface area contributed by atoms with Gasteiger partial charge in [0.05, 0.1) is 24.4 Å². The predicted octanol–water partition coefficient (Wildman–Crippen LogP) is 2.57. The van der Waals surface area contributed by atoms with Gasteiger partial charge in [-0.3, -0.25) is 24.8 Å². The molecule has 0 aromatic heterocycles. The lowest BCUT2D eigenvalue weighted by molar-refractivity contribution is -0.142. The number of likely N-dealkylation sites (tertiary alicyclic amines) is 1. The number of hydrogen-bond acceptors (Lipinski definition) is 4. The van der Waals surface area contributed by atoms with E-state index in [1.165, 1.54) is 23.1 Å². The molecule has 3 aliphatic rings. The Balaban J connectivity index is 1.51. The zero-order chi connectivity index (χ0) is 21.9. The zero-order valence-electron chi connectivity index (χ0n) is 16.7. The lowest BCUT2D eigenvalue weighted by atomic mass is 9.85. The Labute approximate surface area is 178 Å². The van der Waals surface area contributed by atoms with Crippen LogP contribution >= 0.6 is 0 Å². The van der Waals surface area contributed by atoms with Gasteiger partial charge in [0.1, 0.15) is 17.5 Å². The minimum atomic E-state index is -0.657. The van der Waals surface area contributed by atoms with Crippen molar-refractivity contribution < 1.29 is 18.4 Å². The van der Waals surface area contributed by atoms with Crippen LogP contribution in [0.4, 0.5) is 8.78 Å². The van der Waals surface area contributed by atoms with Crippen LogP contribution in [0.15, 0.2) is 42.5 Å². The van der Waals surface area contributed by atoms with Crippen LogP contribution in [0.3, 0.4) is 0 Å². The third-order valence-corrected chi connectivity index (χ3v) is 6.83. The first-order chi connectivity index (χ1) is 14.9. The van der Waals surface area contributed by atoms with Crippen LogP contribution in [0.25, 0.3) is 0 Å². The van der Waals surface area contributed by atoms with Crippen LogP contribution in [0.2, 0.25) is 0 Å². The molecule has 6 nitrogen and oxygen atoms in total. The Morgan fingerprint density at radius 2 is 1.77 bits per heavy atom. The molecule has 2 aromatic carbocycles. The number of amidine groups is 1. The maximum absolute atomic E-state index is 15.1. The van der Waals surface area contributed by atoms with Crippen molar-refractivity contribution in [2.45, 2.75) is 31.5 Å². The Morgan fingerprint density at radius 1 is 1.06 bits per heavy atom. The molecule has 0 spiro atoms. The van der Waals surface area contributed by atoms with Gasteiger partial charge in [0.25, 0.3) is 0 Å². The summed E-state index contributed by atoms with van der Waals surface area (Å²) in [7, 11) is 0. The highest BCUT2D eigenvalue weighted by Gasteiger charge is 2.63. The monoisotopic (exact) mass is 424 g/mol. The van der Waals surface area contributed by atoms with Gasteiger partial charge in [-0.25, -0.2) is 8.78 Å². The van der Waals surface area contributed by atoms with Crippen molar-refractivity contribution in [3.05, 3.63) is 70.8 Å². The van der Waals surface area contributed by atoms with Crippen LogP contribution in [0.5, 0.6) is 0 Å². The summed E-state index contributed by atoms with van der Waals surface area (Å²) in [5, 5.41) is 7.52. The topological polar surface area (TPSA) is 90.5 Å². The summed E-state index contributed by atoms with van der Waals surface area (Å²) >= 11 is 0.